The lowest BCUT2D eigenvalue weighted by molar-refractivity contribution is 0.0522. The maximum absolute atomic E-state index is 13.8. The third kappa shape index (κ3) is 1.37. The number of aromatic nitrogens is 1. The molecule has 2 bridgehead atoms. The average Bonchev–Trinajstić information content (AvgIpc) is 2.76. The maximum Gasteiger partial charge on any atom is 0.355 e. The molecule has 0 aliphatic heterocycles. The van der Waals surface area contributed by atoms with Crippen molar-refractivity contribution in [3.63, 3.8) is 0 Å². The number of halogens is 1. The van der Waals surface area contributed by atoms with E-state index in [2.05, 4.69) is 4.98 Å². The molecule has 1 heterocycles. The number of alkyl halides is 1. The number of carbonyl (C=O) groups excluding carboxylic acids is 1. The Kier molecular flexibility index (Phi) is 2.18. The van der Waals surface area contributed by atoms with Crippen molar-refractivity contribution in [3.05, 3.63) is 35.2 Å². The standard InChI is InChI=1S/C13H12FNO2/c1-2-17-13(16)12-11-8-4-3-7(5-10(8)14)9(11)6-15-12/h3-4,6,10,15H,2,5H2,1H3. The lowest BCUT2D eigenvalue weighted by Gasteiger charge is -2.19. The minimum Gasteiger partial charge on any atom is -0.461 e. The molecule has 1 unspecified atom stereocenters. The average molecular weight is 233 g/mol. The summed E-state index contributed by atoms with van der Waals surface area (Å²) >= 11 is 0. The van der Waals surface area contributed by atoms with Gasteiger partial charge in [-0.2, -0.15) is 0 Å². The highest BCUT2D eigenvalue weighted by atomic mass is 19.1. The quantitative estimate of drug-likeness (QED) is 0.810. The van der Waals surface area contributed by atoms with Crippen molar-refractivity contribution in [2.75, 3.05) is 6.61 Å². The van der Waals surface area contributed by atoms with Crippen LogP contribution in [-0.2, 0) is 11.2 Å². The van der Waals surface area contributed by atoms with E-state index < -0.39 is 12.1 Å². The molecule has 3 nitrogen and oxygen atoms in total. The van der Waals surface area contributed by atoms with Gasteiger partial charge >= 0.3 is 5.97 Å². The van der Waals surface area contributed by atoms with Gasteiger partial charge in [0.15, 0.2) is 0 Å². The zero-order valence-corrected chi connectivity index (χ0v) is 9.42. The predicted octanol–water partition coefficient (Wildman–Crippen LogP) is 2.91. The number of hydrogen-bond donors (Lipinski definition) is 1. The number of esters is 1. The fraction of sp³-hybridized carbons (Fsp3) is 0.308. The van der Waals surface area contributed by atoms with Crippen LogP contribution in [-0.4, -0.2) is 17.6 Å². The van der Waals surface area contributed by atoms with Gasteiger partial charge < -0.3 is 9.72 Å². The first-order valence-electron chi connectivity index (χ1n) is 5.66. The Balaban J connectivity index is 2.23. The van der Waals surface area contributed by atoms with Crippen LogP contribution >= 0.6 is 0 Å². The third-order valence-electron chi connectivity index (χ3n) is 3.20. The van der Waals surface area contributed by atoms with Gasteiger partial charge in [-0.25, -0.2) is 9.18 Å². The number of benzene rings is 1. The van der Waals surface area contributed by atoms with E-state index in [0.717, 1.165) is 10.9 Å². The van der Waals surface area contributed by atoms with E-state index in [1.807, 2.05) is 6.07 Å². The lowest BCUT2D eigenvalue weighted by Crippen LogP contribution is -2.10. The molecule has 0 saturated carbocycles. The van der Waals surface area contributed by atoms with E-state index in [9.17, 15) is 9.18 Å². The van der Waals surface area contributed by atoms with Crippen LogP contribution < -0.4 is 0 Å². The first-order valence-corrected chi connectivity index (χ1v) is 5.66. The summed E-state index contributed by atoms with van der Waals surface area (Å²) < 4.78 is 18.7. The van der Waals surface area contributed by atoms with Crippen molar-refractivity contribution < 1.29 is 13.9 Å². The van der Waals surface area contributed by atoms with E-state index in [1.165, 1.54) is 0 Å². The van der Waals surface area contributed by atoms with Gasteiger partial charge in [0.25, 0.3) is 0 Å². The van der Waals surface area contributed by atoms with Gasteiger partial charge in [-0.1, -0.05) is 12.1 Å². The molecule has 88 valence electrons. The molecule has 0 spiro atoms. The molecule has 1 N–H and O–H groups in total. The summed E-state index contributed by atoms with van der Waals surface area (Å²) in [4.78, 5) is 14.6. The van der Waals surface area contributed by atoms with Crippen molar-refractivity contribution in [2.45, 2.75) is 19.5 Å². The molecule has 2 aliphatic carbocycles. The zero-order valence-electron chi connectivity index (χ0n) is 9.42. The van der Waals surface area contributed by atoms with Gasteiger partial charge in [0, 0.05) is 23.4 Å². The second kappa shape index (κ2) is 3.58. The Morgan fingerprint density at radius 3 is 3.12 bits per heavy atom. The number of H-pyrrole nitrogens is 1. The molecular weight excluding hydrogens is 221 g/mol. The van der Waals surface area contributed by atoms with E-state index in [0.29, 0.717) is 29.7 Å². The Morgan fingerprint density at radius 1 is 1.59 bits per heavy atom. The monoisotopic (exact) mass is 233 g/mol. The number of carbonyl (C=O) groups is 1. The highest BCUT2D eigenvalue weighted by molar-refractivity contribution is 6.06. The summed E-state index contributed by atoms with van der Waals surface area (Å²) in [5, 5.41) is 1.61. The van der Waals surface area contributed by atoms with Gasteiger partial charge in [0.2, 0.25) is 0 Å². The molecule has 1 aromatic carbocycles. The second-order valence-electron chi connectivity index (χ2n) is 4.16. The molecule has 4 heteroatoms. The van der Waals surface area contributed by atoms with Crippen LogP contribution in [0.3, 0.4) is 0 Å². The van der Waals surface area contributed by atoms with Crippen molar-refractivity contribution >= 4 is 16.7 Å². The van der Waals surface area contributed by atoms with E-state index in [4.69, 9.17) is 4.74 Å². The topological polar surface area (TPSA) is 42.1 Å². The number of rotatable bonds is 2. The SMILES string of the molecule is CCOC(=O)c1[nH]cc2c3ccc(c12)C(F)C3. The number of hydrogen-bond acceptors (Lipinski definition) is 2. The molecule has 2 aliphatic rings. The molecule has 1 aromatic heterocycles. The van der Waals surface area contributed by atoms with Crippen LogP contribution in [0.4, 0.5) is 4.39 Å². The molecule has 0 amide bonds. The lowest BCUT2D eigenvalue weighted by atomic mass is 9.88. The van der Waals surface area contributed by atoms with Crippen molar-refractivity contribution in [1.29, 1.82) is 0 Å². The van der Waals surface area contributed by atoms with Crippen molar-refractivity contribution in [2.24, 2.45) is 0 Å². The highest BCUT2D eigenvalue weighted by Crippen LogP contribution is 2.39. The predicted molar refractivity (Wildman–Crippen MR) is 61.8 cm³/mol. The Hall–Kier alpha value is -1.84. The Labute approximate surface area is 97.6 Å². The van der Waals surface area contributed by atoms with Gasteiger partial charge in [-0.3, -0.25) is 0 Å². The summed E-state index contributed by atoms with van der Waals surface area (Å²) in [6.45, 7) is 2.06. The Morgan fingerprint density at radius 2 is 2.41 bits per heavy atom. The number of ether oxygens (including phenoxy) is 1. The minimum atomic E-state index is -1.01. The van der Waals surface area contributed by atoms with E-state index in [1.54, 1.807) is 19.2 Å². The fourth-order valence-electron chi connectivity index (χ4n) is 2.45. The van der Waals surface area contributed by atoms with Crippen molar-refractivity contribution in [3.8, 4) is 0 Å². The van der Waals surface area contributed by atoms with Crippen molar-refractivity contribution in [1.82, 2.24) is 4.98 Å². The number of nitrogens with one attached hydrogen (secondary N) is 1. The molecule has 0 fully saturated rings. The first kappa shape index (κ1) is 10.3. The van der Waals surface area contributed by atoms with Gasteiger partial charge in [-0.05, 0) is 18.1 Å². The van der Waals surface area contributed by atoms with Crippen LogP contribution in [0, 0.1) is 0 Å². The maximum atomic E-state index is 13.8. The summed E-state index contributed by atoms with van der Waals surface area (Å²) in [5.74, 6) is -0.421. The molecule has 2 aromatic rings. The molecule has 4 rings (SSSR count). The normalized spacial score (nSPS) is 17.6. The van der Waals surface area contributed by atoms with Crippen LogP contribution in [0.1, 0.15) is 34.7 Å². The fourth-order valence-corrected chi connectivity index (χ4v) is 2.45. The van der Waals surface area contributed by atoms with E-state index >= 15 is 0 Å². The highest BCUT2D eigenvalue weighted by Gasteiger charge is 2.27. The zero-order chi connectivity index (χ0) is 12.0. The van der Waals surface area contributed by atoms with Crippen LogP contribution in [0.2, 0.25) is 0 Å². The Bertz CT molecular complexity index is 603. The first-order chi connectivity index (χ1) is 8.22. The smallest absolute Gasteiger partial charge is 0.355 e. The largest absolute Gasteiger partial charge is 0.461 e. The summed E-state index contributed by atoms with van der Waals surface area (Å²) in [5.41, 5.74) is 1.88. The van der Waals surface area contributed by atoms with Crippen LogP contribution in [0.5, 0.6) is 0 Å². The summed E-state index contributed by atoms with van der Waals surface area (Å²) in [7, 11) is 0. The number of fused-ring (bicyclic) bond motifs is 2. The molecule has 17 heavy (non-hydrogen) atoms. The molecule has 0 saturated heterocycles. The van der Waals surface area contributed by atoms with Crippen LogP contribution in [0.15, 0.2) is 18.3 Å². The third-order valence-corrected chi connectivity index (χ3v) is 3.20. The van der Waals surface area contributed by atoms with E-state index in [-0.39, 0.29) is 0 Å². The van der Waals surface area contributed by atoms with Gasteiger partial charge in [0.05, 0.1) is 6.61 Å². The summed E-state index contributed by atoms with van der Waals surface area (Å²) in [6.07, 6.45) is 1.15. The summed E-state index contributed by atoms with van der Waals surface area (Å²) in [6, 6.07) is 3.67. The van der Waals surface area contributed by atoms with Gasteiger partial charge in [-0.15, -0.1) is 0 Å². The van der Waals surface area contributed by atoms with Crippen LogP contribution in [0.25, 0.3) is 10.8 Å². The molecule has 0 radical (unpaired) electrons. The number of aromatic amines is 1. The molecule has 1 atom stereocenters. The molecular formula is C13H12FNO2. The van der Waals surface area contributed by atoms with Gasteiger partial charge in [0.1, 0.15) is 11.9 Å². The second-order valence-corrected chi connectivity index (χ2v) is 4.16. The minimum absolute atomic E-state index is 0.313.